The highest BCUT2D eigenvalue weighted by molar-refractivity contribution is 6.10. The van der Waals surface area contributed by atoms with Crippen molar-refractivity contribution in [3.8, 4) is 50.2 Å². The van der Waals surface area contributed by atoms with E-state index < -0.39 is 0 Å². The predicted octanol–water partition coefficient (Wildman–Crippen LogP) is 12.9. The molecule has 1 aliphatic carbocycles. The van der Waals surface area contributed by atoms with Gasteiger partial charge in [-0.05, 0) is 91.5 Å². The van der Waals surface area contributed by atoms with Gasteiger partial charge in [0.15, 0.2) is 0 Å². The third-order valence-corrected chi connectivity index (χ3v) is 10.5. The molecule has 1 heterocycles. The number of fused-ring (bicyclic) bond motifs is 6. The van der Waals surface area contributed by atoms with Crippen molar-refractivity contribution in [1.29, 1.82) is 0 Å². The molecule has 0 spiro atoms. The molecule has 0 bridgehead atoms. The van der Waals surface area contributed by atoms with Gasteiger partial charge in [-0.2, -0.15) is 0 Å². The van der Waals surface area contributed by atoms with Crippen LogP contribution >= 0.6 is 0 Å². The first-order valence-corrected chi connectivity index (χ1v) is 17.4. The van der Waals surface area contributed by atoms with Gasteiger partial charge in [0.05, 0.1) is 11.0 Å². The van der Waals surface area contributed by atoms with E-state index in [9.17, 15) is 0 Å². The summed E-state index contributed by atoms with van der Waals surface area (Å²) in [5.74, 6) is 0.206. The Kier molecular flexibility index (Phi) is 6.63. The highest BCUT2D eigenvalue weighted by Gasteiger charge is 2.30. The number of benzene rings is 8. The van der Waals surface area contributed by atoms with E-state index in [1.807, 2.05) is 0 Å². The minimum atomic E-state index is 0.206. The molecule has 1 unspecified atom stereocenters. The maximum absolute atomic E-state index is 2.41. The van der Waals surface area contributed by atoms with Crippen molar-refractivity contribution in [3.63, 3.8) is 0 Å². The van der Waals surface area contributed by atoms with Crippen molar-refractivity contribution in [3.05, 3.63) is 211 Å². The van der Waals surface area contributed by atoms with E-state index >= 15 is 0 Å². The number of hydrogen-bond acceptors (Lipinski definition) is 0. The van der Waals surface area contributed by atoms with Gasteiger partial charge in [0.1, 0.15) is 0 Å². The summed E-state index contributed by atoms with van der Waals surface area (Å²) >= 11 is 0. The Labute approximate surface area is 292 Å². The lowest BCUT2D eigenvalue weighted by molar-refractivity contribution is 1.02. The van der Waals surface area contributed by atoms with Gasteiger partial charge in [0.2, 0.25) is 0 Å². The number of nitrogens with zero attached hydrogens (tertiary/aromatic N) is 1. The van der Waals surface area contributed by atoms with E-state index in [0.29, 0.717) is 0 Å². The van der Waals surface area contributed by atoms with Crippen molar-refractivity contribution in [2.24, 2.45) is 0 Å². The third kappa shape index (κ3) is 4.63. The normalized spacial score (nSPS) is 13.4. The largest absolute Gasteiger partial charge is 0.309 e. The fraction of sp³-hybridized carbons (Fsp3) is 0.0204. The molecule has 1 atom stereocenters. The van der Waals surface area contributed by atoms with Crippen molar-refractivity contribution in [2.45, 2.75) is 5.92 Å². The van der Waals surface area contributed by atoms with Crippen LogP contribution in [-0.4, -0.2) is 4.57 Å². The fourth-order valence-corrected chi connectivity index (χ4v) is 8.11. The second kappa shape index (κ2) is 11.6. The van der Waals surface area contributed by atoms with Crippen LogP contribution < -0.4 is 0 Å². The van der Waals surface area contributed by atoms with Crippen LogP contribution in [-0.2, 0) is 0 Å². The van der Waals surface area contributed by atoms with Crippen LogP contribution in [0.5, 0.6) is 0 Å². The molecule has 0 radical (unpaired) electrons. The molecule has 0 saturated heterocycles. The molecule has 0 fully saturated rings. The Morgan fingerprint density at radius 1 is 0.320 bits per heavy atom. The van der Waals surface area contributed by atoms with Crippen LogP contribution in [0.1, 0.15) is 22.6 Å². The highest BCUT2D eigenvalue weighted by atomic mass is 15.0. The summed E-state index contributed by atoms with van der Waals surface area (Å²) in [7, 11) is 0. The third-order valence-electron chi connectivity index (χ3n) is 10.5. The molecule has 0 amide bonds. The zero-order valence-electron chi connectivity index (χ0n) is 27.5. The average Bonchev–Trinajstić information content (AvgIpc) is 3.71. The molecule has 1 nitrogen and oxygen atoms in total. The lowest BCUT2D eigenvalue weighted by Crippen LogP contribution is -1.99. The predicted molar refractivity (Wildman–Crippen MR) is 210 cm³/mol. The Balaban J connectivity index is 1.01. The Morgan fingerprint density at radius 3 is 1.58 bits per heavy atom. The van der Waals surface area contributed by atoms with Crippen molar-refractivity contribution in [1.82, 2.24) is 4.57 Å². The van der Waals surface area contributed by atoms with Crippen LogP contribution in [0.2, 0.25) is 0 Å². The second-order valence-corrected chi connectivity index (χ2v) is 13.3. The standard InChI is InChI=1S/C49H33N/c1-3-11-33(12-4-1)38-25-29-42-41-15-7-8-17-45(41)49(46(42)31-38)37-21-19-35(20-22-37)36-23-27-40(28-24-36)50-47-18-10-9-16-43(47)44-30-26-39(32-48(44)50)34-13-5-2-6-14-34/h1-32,49H. The molecule has 0 saturated carbocycles. The van der Waals surface area contributed by atoms with Crippen LogP contribution in [0, 0.1) is 0 Å². The molecule has 50 heavy (non-hydrogen) atoms. The summed E-state index contributed by atoms with van der Waals surface area (Å²) in [6.45, 7) is 0. The zero-order chi connectivity index (χ0) is 33.0. The summed E-state index contributed by atoms with van der Waals surface area (Å²) in [5, 5.41) is 2.54. The van der Waals surface area contributed by atoms with Crippen molar-refractivity contribution in [2.75, 3.05) is 0 Å². The molecule has 1 aliphatic rings. The quantitative estimate of drug-likeness (QED) is 0.177. The number of hydrogen-bond donors (Lipinski definition) is 0. The van der Waals surface area contributed by atoms with E-state index in [1.54, 1.807) is 0 Å². The lowest BCUT2D eigenvalue weighted by atomic mass is 9.87. The van der Waals surface area contributed by atoms with Gasteiger partial charge in [0.25, 0.3) is 0 Å². The monoisotopic (exact) mass is 635 g/mol. The smallest absolute Gasteiger partial charge is 0.0547 e. The summed E-state index contributed by atoms with van der Waals surface area (Å²) in [4.78, 5) is 0. The van der Waals surface area contributed by atoms with Gasteiger partial charge in [-0.3, -0.25) is 0 Å². The van der Waals surface area contributed by atoms with Gasteiger partial charge >= 0.3 is 0 Å². The fourth-order valence-electron chi connectivity index (χ4n) is 8.11. The number of aromatic nitrogens is 1. The first-order chi connectivity index (χ1) is 24.8. The lowest BCUT2D eigenvalue weighted by Gasteiger charge is -2.16. The van der Waals surface area contributed by atoms with Crippen LogP contribution in [0.15, 0.2) is 194 Å². The highest BCUT2D eigenvalue weighted by Crippen LogP contribution is 2.49. The molecule has 1 aromatic heterocycles. The van der Waals surface area contributed by atoms with Crippen LogP contribution in [0.3, 0.4) is 0 Å². The Hall–Kier alpha value is -6.44. The van der Waals surface area contributed by atoms with E-state index in [4.69, 9.17) is 0 Å². The van der Waals surface area contributed by atoms with Gasteiger partial charge in [-0.25, -0.2) is 0 Å². The van der Waals surface area contributed by atoms with Crippen molar-refractivity contribution >= 4 is 21.8 Å². The molecule has 234 valence electrons. The summed E-state index contributed by atoms with van der Waals surface area (Å²) in [5.41, 5.74) is 17.8. The SMILES string of the molecule is c1ccc(-c2ccc3c(c2)C(c2ccc(-c4ccc(-n5c6ccccc6c6ccc(-c7ccccc7)cc65)cc4)cc2)c2ccccc2-3)cc1. The summed E-state index contributed by atoms with van der Waals surface area (Å²) in [6, 6.07) is 71.1. The van der Waals surface area contributed by atoms with E-state index in [0.717, 1.165) is 5.69 Å². The Morgan fingerprint density at radius 2 is 0.840 bits per heavy atom. The van der Waals surface area contributed by atoms with E-state index in [-0.39, 0.29) is 5.92 Å². The first kappa shape index (κ1) is 28.6. The topological polar surface area (TPSA) is 4.93 Å². The average molecular weight is 636 g/mol. The van der Waals surface area contributed by atoms with Crippen LogP contribution in [0.4, 0.5) is 0 Å². The summed E-state index contributed by atoms with van der Waals surface area (Å²) in [6.07, 6.45) is 0. The molecular formula is C49H33N. The van der Waals surface area contributed by atoms with Crippen molar-refractivity contribution < 1.29 is 0 Å². The minimum Gasteiger partial charge on any atom is -0.309 e. The molecule has 0 aliphatic heterocycles. The molecule has 8 aromatic carbocycles. The van der Waals surface area contributed by atoms with Gasteiger partial charge < -0.3 is 4.57 Å². The van der Waals surface area contributed by atoms with E-state index in [2.05, 4.69) is 199 Å². The summed E-state index contributed by atoms with van der Waals surface area (Å²) < 4.78 is 2.41. The molecule has 10 rings (SSSR count). The zero-order valence-corrected chi connectivity index (χ0v) is 27.5. The number of rotatable bonds is 5. The molecule has 9 aromatic rings. The maximum Gasteiger partial charge on any atom is 0.0547 e. The van der Waals surface area contributed by atoms with Gasteiger partial charge in [0, 0.05) is 22.4 Å². The van der Waals surface area contributed by atoms with E-state index in [1.165, 1.54) is 83.0 Å². The molecule has 0 N–H and O–H groups in total. The van der Waals surface area contributed by atoms with Gasteiger partial charge in [-0.1, -0.05) is 164 Å². The molecule has 1 heteroatoms. The number of para-hydroxylation sites is 1. The maximum atomic E-state index is 2.41. The van der Waals surface area contributed by atoms with Gasteiger partial charge in [-0.15, -0.1) is 0 Å². The first-order valence-electron chi connectivity index (χ1n) is 17.4. The second-order valence-electron chi connectivity index (χ2n) is 13.3. The van der Waals surface area contributed by atoms with Crippen LogP contribution in [0.25, 0.3) is 72.0 Å². The molecular weight excluding hydrogens is 603 g/mol. The minimum absolute atomic E-state index is 0.206. The Bertz CT molecular complexity index is 2660.